The highest BCUT2D eigenvalue weighted by molar-refractivity contribution is 5.85. The van der Waals surface area contributed by atoms with Gasteiger partial charge >= 0.3 is 6.18 Å². The van der Waals surface area contributed by atoms with Crippen LogP contribution in [0, 0.1) is 11.3 Å². The van der Waals surface area contributed by atoms with Crippen molar-refractivity contribution in [2.75, 3.05) is 0 Å². The second-order valence-electron chi connectivity index (χ2n) is 5.98. The average molecular weight is 264 g/mol. The Hall–Kier alpha value is -0.540. The monoisotopic (exact) mass is 264 g/mol. The highest BCUT2D eigenvalue weighted by Gasteiger charge is 2.40. The molecule has 0 aromatic carbocycles. The van der Waals surface area contributed by atoms with Gasteiger partial charge in [0, 0.05) is 18.3 Å². The minimum atomic E-state index is -4.14. The van der Waals surface area contributed by atoms with E-state index in [1.165, 1.54) is 0 Å². The Bertz CT molecular complexity index is 275. The number of halogens is 3. The molecule has 0 aromatic rings. The second kappa shape index (κ2) is 6.07. The Kier molecular flexibility index (Phi) is 5.23. The Morgan fingerprint density at radius 1 is 1.22 bits per heavy atom. The van der Waals surface area contributed by atoms with E-state index in [-0.39, 0.29) is 24.0 Å². The third kappa shape index (κ3) is 4.62. The van der Waals surface area contributed by atoms with Gasteiger partial charge in [0.2, 0.25) is 0 Å². The van der Waals surface area contributed by atoms with E-state index in [0.717, 1.165) is 32.1 Å². The maximum absolute atomic E-state index is 12.2. The molecule has 0 aliphatic heterocycles. The summed E-state index contributed by atoms with van der Waals surface area (Å²) in [5, 5.41) is 0. The average Bonchev–Trinajstić information content (AvgIpc) is 2.64. The Morgan fingerprint density at radius 2 is 1.78 bits per heavy atom. The van der Waals surface area contributed by atoms with E-state index in [2.05, 4.69) is 13.8 Å². The van der Waals surface area contributed by atoms with Crippen LogP contribution in [0.2, 0.25) is 0 Å². The summed E-state index contributed by atoms with van der Waals surface area (Å²) in [6.45, 7) is 4.14. The maximum atomic E-state index is 12.2. The van der Waals surface area contributed by atoms with Gasteiger partial charge in [-0.2, -0.15) is 13.2 Å². The molecule has 0 unspecified atom stereocenters. The van der Waals surface area contributed by atoms with Crippen LogP contribution in [0.5, 0.6) is 0 Å². The lowest BCUT2D eigenvalue weighted by atomic mass is 9.74. The largest absolute Gasteiger partial charge is 0.389 e. The Balaban J connectivity index is 2.50. The lowest BCUT2D eigenvalue weighted by Gasteiger charge is -2.29. The summed E-state index contributed by atoms with van der Waals surface area (Å²) in [7, 11) is 0. The molecule has 1 saturated carbocycles. The van der Waals surface area contributed by atoms with Gasteiger partial charge in [0.25, 0.3) is 0 Å². The number of Topliss-reactive ketones (excluding diaryl/α,β-unsaturated/α-hetero) is 1. The number of ketones is 1. The fourth-order valence-electron chi connectivity index (χ4n) is 3.14. The molecular formula is C14H23F3O. The van der Waals surface area contributed by atoms with Crippen molar-refractivity contribution in [3.8, 4) is 0 Å². The van der Waals surface area contributed by atoms with Crippen LogP contribution < -0.4 is 0 Å². The molecule has 0 radical (unpaired) electrons. The van der Waals surface area contributed by atoms with Crippen LogP contribution in [-0.4, -0.2) is 12.0 Å². The van der Waals surface area contributed by atoms with E-state index in [4.69, 9.17) is 0 Å². The molecule has 0 amide bonds. The van der Waals surface area contributed by atoms with Gasteiger partial charge in [0.1, 0.15) is 5.78 Å². The number of rotatable bonds is 6. The molecule has 18 heavy (non-hydrogen) atoms. The zero-order chi connectivity index (χ0) is 13.8. The number of carbonyl (C=O) groups is 1. The highest BCUT2D eigenvalue weighted by Crippen LogP contribution is 2.45. The molecule has 106 valence electrons. The lowest BCUT2D eigenvalue weighted by molar-refractivity contribution is -0.139. The predicted octanol–water partition coefficient (Wildman–Crippen LogP) is 4.89. The molecule has 1 nitrogen and oxygen atoms in total. The molecular weight excluding hydrogens is 241 g/mol. The number of alkyl halides is 3. The molecule has 0 N–H and O–H groups in total. The lowest BCUT2D eigenvalue weighted by Crippen LogP contribution is -2.30. The quantitative estimate of drug-likeness (QED) is 0.667. The molecule has 0 aromatic heterocycles. The molecule has 0 spiro atoms. The summed E-state index contributed by atoms with van der Waals surface area (Å²) in [5.74, 6) is 0.493. The SMILES string of the molecule is CC(C)CC1(C(=O)CCCC(F)(F)F)CCCC1. The fraction of sp³-hybridized carbons (Fsp3) is 0.929. The fourth-order valence-corrected chi connectivity index (χ4v) is 3.14. The third-order valence-corrected chi connectivity index (χ3v) is 3.82. The van der Waals surface area contributed by atoms with Crippen molar-refractivity contribution >= 4 is 5.78 Å². The van der Waals surface area contributed by atoms with Gasteiger partial charge in [0.05, 0.1) is 0 Å². The van der Waals surface area contributed by atoms with Crippen molar-refractivity contribution in [1.29, 1.82) is 0 Å². The molecule has 0 bridgehead atoms. The molecule has 1 fully saturated rings. The number of hydrogen-bond donors (Lipinski definition) is 0. The van der Waals surface area contributed by atoms with Crippen LogP contribution in [0.25, 0.3) is 0 Å². The summed E-state index contributed by atoms with van der Waals surface area (Å²) in [5.41, 5.74) is -0.306. The molecule has 0 saturated heterocycles. The van der Waals surface area contributed by atoms with E-state index in [0.29, 0.717) is 5.92 Å². The minimum Gasteiger partial charge on any atom is -0.299 e. The van der Waals surface area contributed by atoms with Crippen LogP contribution >= 0.6 is 0 Å². The first-order valence-electron chi connectivity index (χ1n) is 6.85. The van der Waals surface area contributed by atoms with Crippen molar-refractivity contribution in [2.45, 2.75) is 71.4 Å². The Labute approximate surface area is 107 Å². The summed E-state index contributed by atoms with van der Waals surface area (Å²) in [4.78, 5) is 12.2. The molecule has 4 heteroatoms. The molecule has 0 heterocycles. The standard InChI is InChI=1S/C14H23F3O/c1-11(2)10-13(7-3-4-8-13)12(18)6-5-9-14(15,16)17/h11H,3-10H2,1-2H3. The first-order chi connectivity index (χ1) is 8.25. The van der Waals surface area contributed by atoms with Gasteiger partial charge < -0.3 is 0 Å². The summed E-state index contributed by atoms with van der Waals surface area (Å²) in [6, 6.07) is 0. The summed E-state index contributed by atoms with van der Waals surface area (Å²) in [6.07, 6.45) is -0.286. The summed E-state index contributed by atoms with van der Waals surface area (Å²) >= 11 is 0. The summed E-state index contributed by atoms with van der Waals surface area (Å²) < 4.78 is 36.2. The number of carbonyl (C=O) groups excluding carboxylic acids is 1. The Morgan fingerprint density at radius 3 is 2.22 bits per heavy atom. The highest BCUT2D eigenvalue weighted by atomic mass is 19.4. The van der Waals surface area contributed by atoms with E-state index in [1.807, 2.05) is 0 Å². The third-order valence-electron chi connectivity index (χ3n) is 3.82. The van der Waals surface area contributed by atoms with E-state index in [9.17, 15) is 18.0 Å². The van der Waals surface area contributed by atoms with Gasteiger partial charge in [-0.15, -0.1) is 0 Å². The molecule has 0 atom stereocenters. The van der Waals surface area contributed by atoms with Gasteiger partial charge in [-0.05, 0) is 31.6 Å². The van der Waals surface area contributed by atoms with Gasteiger partial charge in [-0.1, -0.05) is 26.7 Å². The van der Waals surface area contributed by atoms with Crippen LogP contribution in [0.15, 0.2) is 0 Å². The first-order valence-corrected chi connectivity index (χ1v) is 6.85. The van der Waals surface area contributed by atoms with Crippen molar-refractivity contribution < 1.29 is 18.0 Å². The van der Waals surface area contributed by atoms with Gasteiger partial charge in [0.15, 0.2) is 0 Å². The predicted molar refractivity (Wildman–Crippen MR) is 65.3 cm³/mol. The van der Waals surface area contributed by atoms with E-state index in [1.54, 1.807) is 0 Å². The first kappa shape index (κ1) is 15.5. The van der Waals surface area contributed by atoms with Crippen LogP contribution in [0.4, 0.5) is 13.2 Å². The smallest absolute Gasteiger partial charge is 0.299 e. The van der Waals surface area contributed by atoms with Crippen LogP contribution in [0.1, 0.15) is 65.2 Å². The molecule has 1 aliphatic rings. The van der Waals surface area contributed by atoms with Crippen molar-refractivity contribution in [3.05, 3.63) is 0 Å². The van der Waals surface area contributed by atoms with Crippen LogP contribution in [0.3, 0.4) is 0 Å². The minimum absolute atomic E-state index is 0.0534. The van der Waals surface area contributed by atoms with E-state index < -0.39 is 12.6 Å². The second-order valence-corrected chi connectivity index (χ2v) is 5.98. The van der Waals surface area contributed by atoms with E-state index >= 15 is 0 Å². The zero-order valence-electron chi connectivity index (χ0n) is 11.3. The normalized spacial score (nSPS) is 19.4. The maximum Gasteiger partial charge on any atom is 0.389 e. The van der Waals surface area contributed by atoms with Crippen LogP contribution in [-0.2, 0) is 4.79 Å². The van der Waals surface area contributed by atoms with Crippen molar-refractivity contribution in [1.82, 2.24) is 0 Å². The van der Waals surface area contributed by atoms with Crippen molar-refractivity contribution in [3.63, 3.8) is 0 Å². The van der Waals surface area contributed by atoms with Gasteiger partial charge in [-0.3, -0.25) is 4.79 Å². The molecule has 1 rings (SSSR count). The van der Waals surface area contributed by atoms with Gasteiger partial charge in [-0.25, -0.2) is 0 Å². The molecule has 1 aliphatic carbocycles. The van der Waals surface area contributed by atoms with Crippen molar-refractivity contribution in [2.24, 2.45) is 11.3 Å². The number of hydrogen-bond acceptors (Lipinski definition) is 1. The zero-order valence-corrected chi connectivity index (χ0v) is 11.3. The topological polar surface area (TPSA) is 17.1 Å².